The van der Waals surface area contributed by atoms with Crippen molar-refractivity contribution in [2.75, 3.05) is 6.54 Å². The molecule has 0 fully saturated rings. The second-order valence-corrected chi connectivity index (χ2v) is 8.33. The summed E-state index contributed by atoms with van der Waals surface area (Å²) < 4.78 is 1.82. The number of nitrogens with zero attached hydrogens (tertiary/aromatic N) is 1. The van der Waals surface area contributed by atoms with Crippen LogP contribution in [0.25, 0.3) is 0 Å². The summed E-state index contributed by atoms with van der Waals surface area (Å²) in [6.45, 7) is 9.03. The summed E-state index contributed by atoms with van der Waals surface area (Å²) >= 11 is 17.5. The lowest BCUT2D eigenvalue weighted by molar-refractivity contribution is -0.692. The SMILES string of the molecule is CCNC(=S)C(C(=O)c1ccc(Cl)c(Cl)c1)[n+]1ccc(C(C)(C)C)cc1. The first-order valence-electron chi connectivity index (χ1n) is 8.43. The van der Waals surface area contributed by atoms with E-state index in [1.807, 2.05) is 36.0 Å². The average molecular weight is 410 g/mol. The Labute approximate surface area is 170 Å². The van der Waals surface area contributed by atoms with Crippen molar-refractivity contribution in [2.45, 2.75) is 39.2 Å². The predicted molar refractivity (Wildman–Crippen MR) is 111 cm³/mol. The van der Waals surface area contributed by atoms with Crippen molar-refractivity contribution in [3.63, 3.8) is 0 Å². The average Bonchev–Trinajstić information content (AvgIpc) is 2.57. The molecule has 0 spiro atoms. The fourth-order valence-electron chi connectivity index (χ4n) is 2.58. The van der Waals surface area contributed by atoms with Crippen LogP contribution in [0.2, 0.25) is 10.0 Å². The Morgan fingerprint density at radius 2 is 1.77 bits per heavy atom. The van der Waals surface area contributed by atoms with Gasteiger partial charge >= 0.3 is 0 Å². The minimum Gasteiger partial charge on any atom is -0.374 e. The number of nitrogens with one attached hydrogen (secondary N) is 1. The molecule has 138 valence electrons. The van der Waals surface area contributed by atoms with Crippen LogP contribution in [0.4, 0.5) is 0 Å². The Morgan fingerprint density at radius 3 is 2.27 bits per heavy atom. The number of halogens is 2. The van der Waals surface area contributed by atoms with Gasteiger partial charge in [0.1, 0.15) is 0 Å². The topological polar surface area (TPSA) is 33.0 Å². The van der Waals surface area contributed by atoms with E-state index in [4.69, 9.17) is 35.4 Å². The van der Waals surface area contributed by atoms with E-state index < -0.39 is 6.04 Å². The summed E-state index contributed by atoms with van der Waals surface area (Å²) in [6.07, 6.45) is 3.79. The summed E-state index contributed by atoms with van der Waals surface area (Å²) in [5.74, 6) is -0.136. The monoisotopic (exact) mass is 409 g/mol. The maximum absolute atomic E-state index is 13.2. The van der Waals surface area contributed by atoms with Gasteiger partial charge in [-0.3, -0.25) is 4.79 Å². The van der Waals surface area contributed by atoms with E-state index in [9.17, 15) is 4.79 Å². The summed E-state index contributed by atoms with van der Waals surface area (Å²) in [6, 6.07) is 8.27. The molecule has 26 heavy (non-hydrogen) atoms. The number of pyridine rings is 1. The van der Waals surface area contributed by atoms with Crippen molar-refractivity contribution in [1.82, 2.24) is 5.32 Å². The normalized spacial score (nSPS) is 12.5. The van der Waals surface area contributed by atoms with Crippen LogP contribution >= 0.6 is 35.4 Å². The van der Waals surface area contributed by atoms with E-state index in [1.54, 1.807) is 18.2 Å². The summed E-state index contributed by atoms with van der Waals surface area (Å²) in [4.78, 5) is 13.6. The Kier molecular flexibility index (Phi) is 6.78. The van der Waals surface area contributed by atoms with Gasteiger partial charge in [-0.1, -0.05) is 56.2 Å². The Bertz CT molecular complexity index is 814. The Morgan fingerprint density at radius 1 is 1.15 bits per heavy atom. The summed E-state index contributed by atoms with van der Waals surface area (Å²) in [5.41, 5.74) is 1.69. The molecular formula is C20H23Cl2N2OS+. The number of likely N-dealkylation sites (N-methyl/N-ethyl adjacent to an activating group) is 1. The van der Waals surface area contributed by atoms with Crippen LogP contribution < -0.4 is 9.88 Å². The van der Waals surface area contributed by atoms with Crippen molar-refractivity contribution in [2.24, 2.45) is 0 Å². The molecule has 2 rings (SSSR count). The van der Waals surface area contributed by atoms with Crippen LogP contribution in [0, 0.1) is 0 Å². The van der Waals surface area contributed by atoms with Crippen LogP contribution in [-0.4, -0.2) is 17.3 Å². The molecule has 1 aromatic heterocycles. The molecule has 0 aliphatic carbocycles. The third kappa shape index (κ3) is 4.81. The van der Waals surface area contributed by atoms with Gasteiger partial charge in [0.05, 0.1) is 10.0 Å². The highest BCUT2D eigenvalue weighted by atomic mass is 35.5. The smallest absolute Gasteiger partial charge is 0.270 e. The largest absolute Gasteiger partial charge is 0.374 e. The number of thiocarbonyl (C=S) groups is 1. The lowest BCUT2D eigenvalue weighted by Crippen LogP contribution is -2.51. The van der Waals surface area contributed by atoms with Gasteiger partial charge < -0.3 is 5.32 Å². The van der Waals surface area contributed by atoms with Gasteiger partial charge in [0.15, 0.2) is 17.4 Å². The van der Waals surface area contributed by atoms with E-state index in [1.165, 1.54) is 5.56 Å². The first-order chi connectivity index (χ1) is 12.1. The molecule has 2 aromatic rings. The van der Waals surface area contributed by atoms with E-state index in [-0.39, 0.29) is 11.2 Å². The molecule has 0 saturated heterocycles. The number of hydrogen-bond acceptors (Lipinski definition) is 2. The number of rotatable bonds is 5. The molecule has 1 heterocycles. The molecule has 0 aliphatic rings. The van der Waals surface area contributed by atoms with Crippen LogP contribution in [0.1, 0.15) is 49.7 Å². The maximum Gasteiger partial charge on any atom is 0.270 e. The number of benzene rings is 1. The molecular weight excluding hydrogens is 387 g/mol. The highest BCUT2D eigenvalue weighted by Gasteiger charge is 2.33. The van der Waals surface area contributed by atoms with Gasteiger partial charge in [-0.15, -0.1) is 0 Å². The molecule has 0 saturated carbocycles. The van der Waals surface area contributed by atoms with Gasteiger partial charge in [-0.2, -0.15) is 4.57 Å². The van der Waals surface area contributed by atoms with Crippen LogP contribution in [0.15, 0.2) is 42.7 Å². The van der Waals surface area contributed by atoms with Crippen molar-refractivity contribution in [1.29, 1.82) is 0 Å². The fraction of sp³-hybridized carbons (Fsp3) is 0.350. The second-order valence-electron chi connectivity index (χ2n) is 7.07. The van der Waals surface area contributed by atoms with Gasteiger partial charge in [-0.25, -0.2) is 0 Å². The molecule has 3 nitrogen and oxygen atoms in total. The number of aromatic nitrogens is 1. The molecule has 1 aromatic carbocycles. The van der Waals surface area contributed by atoms with Crippen molar-refractivity contribution in [3.05, 3.63) is 63.9 Å². The van der Waals surface area contributed by atoms with Crippen molar-refractivity contribution in [3.8, 4) is 0 Å². The van der Waals surface area contributed by atoms with Crippen LogP contribution in [-0.2, 0) is 5.41 Å². The zero-order valence-electron chi connectivity index (χ0n) is 15.3. The summed E-state index contributed by atoms with van der Waals surface area (Å²) in [5, 5.41) is 3.86. The molecule has 1 unspecified atom stereocenters. The molecule has 0 amide bonds. The fourth-order valence-corrected chi connectivity index (χ4v) is 3.25. The molecule has 1 atom stereocenters. The number of carbonyl (C=O) groups is 1. The van der Waals surface area contributed by atoms with Gasteiger partial charge in [0, 0.05) is 24.2 Å². The Hall–Kier alpha value is -1.49. The lowest BCUT2D eigenvalue weighted by atomic mass is 9.88. The number of ketones is 1. The second kappa shape index (κ2) is 8.47. The minimum absolute atomic E-state index is 0.0322. The molecule has 0 radical (unpaired) electrons. The van der Waals surface area contributed by atoms with Crippen molar-refractivity contribution < 1.29 is 9.36 Å². The zero-order valence-corrected chi connectivity index (χ0v) is 17.7. The van der Waals surface area contributed by atoms with Crippen molar-refractivity contribution >= 4 is 46.2 Å². The van der Waals surface area contributed by atoms with E-state index in [0.29, 0.717) is 27.1 Å². The van der Waals surface area contributed by atoms with E-state index >= 15 is 0 Å². The first kappa shape index (κ1) is 20.8. The summed E-state index contributed by atoms with van der Waals surface area (Å²) in [7, 11) is 0. The highest BCUT2D eigenvalue weighted by Crippen LogP contribution is 2.25. The van der Waals surface area contributed by atoms with Crippen LogP contribution in [0.5, 0.6) is 0 Å². The number of Topliss-reactive ketones (excluding diaryl/α,β-unsaturated/α-hetero) is 1. The highest BCUT2D eigenvalue weighted by molar-refractivity contribution is 7.80. The van der Waals surface area contributed by atoms with Crippen LogP contribution in [0.3, 0.4) is 0 Å². The van der Waals surface area contributed by atoms with E-state index in [0.717, 1.165) is 0 Å². The first-order valence-corrected chi connectivity index (χ1v) is 9.60. The molecule has 0 aliphatic heterocycles. The molecule has 6 heteroatoms. The molecule has 0 bridgehead atoms. The number of hydrogen-bond donors (Lipinski definition) is 1. The zero-order chi connectivity index (χ0) is 19.5. The standard InChI is InChI=1S/C20H22Cl2N2OS/c1-5-23-19(26)17(18(25)13-6-7-15(21)16(22)12-13)24-10-8-14(9-11-24)20(2,3)4/h6-12,17H,5H2,1-4H3/p+1. The van der Waals surface area contributed by atoms with Gasteiger partial charge in [0.25, 0.3) is 6.04 Å². The van der Waals surface area contributed by atoms with E-state index in [2.05, 4.69) is 26.1 Å². The predicted octanol–water partition coefficient (Wildman–Crippen LogP) is 4.94. The Balaban J connectivity index is 2.44. The third-order valence-corrected chi connectivity index (χ3v) is 5.18. The minimum atomic E-state index is -0.642. The maximum atomic E-state index is 13.2. The molecule has 1 N–H and O–H groups in total. The quantitative estimate of drug-likeness (QED) is 0.431. The third-order valence-electron chi connectivity index (χ3n) is 4.07. The van der Waals surface area contributed by atoms with Gasteiger partial charge in [-0.05, 0) is 36.1 Å². The number of carbonyl (C=O) groups excluding carboxylic acids is 1. The van der Waals surface area contributed by atoms with Gasteiger partial charge in [0.2, 0.25) is 5.78 Å². The lowest BCUT2D eigenvalue weighted by Gasteiger charge is -2.19.